The monoisotopic (exact) mass is 315 g/mol. The first-order valence-corrected chi connectivity index (χ1v) is 8.11. The summed E-state index contributed by atoms with van der Waals surface area (Å²) in [5.41, 5.74) is 1.53. The van der Waals surface area contributed by atoms with E-state index in [2.05, 4.69) is 11.0 Å². The second-order valence-corrected chi connectivity index (χ2v) is 6.22. The van der Waals surface area contributed by atoms with E-state index in [0.717, 1.165) is 31.6 Å². The van der Waals surface area contributed by atoms with Crippen molar-refractivity contribution in [3.63, 3.8) is 0 Å². The molecule has 2 rings (SSSR count). The zero-order valence-corrected chi connectivity index (χ0v) is 14.0. The van der Waals surface area contributed by atoms with Crippen LogP contribution in [0, 0.1) is 11.3 Å². The molecule has 1 saturated heterocycles. The van der Waals surface area contributed by atoms with Crippen LogP contribution in [-0.2, 0) is 11.2 Å². The fraction of sp³-hybridized carbons (Fsp3) is 0.556. The molecule has 0 aromatic heterocycles. The second kappa shape index (κ2) is 8.66. The molecule has 1 heterocycles. The van der Waals surface area contributed by atoms with E-state index in [1.54, 1.807) is 0 Å². The lowest BCUT2D eigenvalue weighted by atomic mass is 10.1. The molecule has 1 aliphatic rings. The van der Waals surface area contributed by atoms with Gasteiger partial charge in [0.2, 0.25) is 0 Å². The Bertz CT molecular complexity index is 560. The van der Waals surface area contributed by atoms with Crippen LogP contribution < -0.4 is 0 Å². The van der Waals surface area contributed by atoms with Crippen LogP contribution in [0.2, 0.25) is 0 Å². The summed E-state index contributed by atoms with van der Waals surface area (Å²) in [6.07, 6.45) is 2.55. The van der Waals surface area contributed by atoms with E-state index in [4.69, 9.17) is 10.00 Å². The minimum Gasteiger partial charge on any atom is -0.376 e. The number of nitriles is 1. The highest BCUT2D eigenvalue weighted by molar-refractivity contribution is 5.94. The summed E-state index contributed by atoms with van der Waals surface area (Å²) >= 11 is 0. The van der Waals surface area contributed by atoms with Gasteiger partial charge in [-0.25, -0.2) is 0 Å². The molecule has 1 amide bonds. The number of likely N-dealkylation sites (N-methyl/N-ethyl adjacent to an activating group) is 1. The highest BCUT2D eigenvalue weighted by Gasteiger charge is 2.23. The fourth-order valence-corrected chi connectivity index (χ4v) is 2.72. The predicted molar refractivity (Wildman–Crippen MR) is 89.2 cm³/mol. The Hall–Kier alpha value is -1.90. The molecule has 1 aliphatic heterocycles. The Balaban J connectivity index is 2.10. The van der Waals surface area contributed by atoms with Crippen molar-refractivity contribution >= 4 is 5.91 Å². The number of nitrogens with zero attached hydrogens (tertiary/aromatic N) is 3. The molecule has 23 heavy (non-hydrogen) atoms. The largest absolute Gasteiger partial charge is 0.376 e. The van der Waals surface area contributed by atoms with Crippen molar-refractivity contribution in [2.75, 3.05) is 40.3 Å². The van der Waals surface area contributed by atoms with Gasteiger partial charge >= 0.3 is 0 Å². The maximum Gasteiger partial charge on any atom is 0.253 e. The van der Waals surface area contributed by atoms with Crippen LogP contribution in [0.4, 0.5) is 0 Å². The molecule has 0 saturated carbocycles. The van der Waals surface area contributed by atoms with Crippen molar-refractivity contribution in [3.8, 4) is 6.07 Å². The molecule has 0 radical (unpaired) electrons. The van der Waals surface area contributed by atoms with Crippen LogP contribution in [-0.4, -0.2) is 62.1 Å². The minimum absolute atomic E-state index is 0.0159. The Kier molecular flexibility index (Phi) is 6.57. The highest BCUT2D eigenvalue weighted by Crippen LogP contribution is 2.16. The SMILES string of the molecule is CN(C)CCN(CC1CCCO1)C(=O)c1cccc(CC#N)c1. The lowest BCUT2D eigenvalue weighted by molar-refractivity contribution is 0.0512. The standard InChI is InChI=1S/C18H25N3O2/c1-20(2)10-11-21(14-17-7-4-12-23-17)18(22)16-6-3-5-15(13-16)8-9-19/h3,5-6,13,17H,4,7-8,10-12,14H2,1-2H3. The molecule has 1 fully saturated rings. The summed E-state index contributed by atoms with van der Waals surface area (Å²) in [5, 5.41) is 8.83. The molecule has 0 aliphatic carbocycles. The topological polar surface area (TPSA) is 56.6 Å². The molecule has 0 bridgehead atoms. The highest BCUT2D eigenvalue weighted by atomic mass is 16.5. The maximum atomic E-state index is 12.9. The van der Waals surface area contributed by atoms with Crippen LogP contribution in [0.1, 0.15) is 28.8 Å². The zero-order valence-electron chi connectivity index (χ0n) is 14.0. The van der Waals surface area contributed by atoms with Crippen LogP contribution >= 0.6 is 0 Å². The van der Waals surface area contributed by atoms with Crippen molar-refractivity contribution in [2.45, 2.75) is 25.4 Å². The van der Waals surface area contributed by atoms with E-state index in [1.807, 2.05) is 43.3 Å². The number of rotatable bonds is 7. The van der Waals surface area contributed by atoms with Gasteiger partial charge in [0.15, 0.2) is 0 Å². The van der Waals surface area contributed by atoms with Crippen LogP contribution in [0.25, 0.3) is 0 Å². The van der Waals surface area contributed by atoms with Crippen LogP contribution in [0.5, 0.6) is 0 Å². The Labute approximate surface area is 138 Å². The summed E-state index contributed by atoms with van der Waals surface area (Å²) in [4.78, 5) is 16.8. The van der Waals surface area contributed by atoms with Crippen molar-refractivity contribution < 1.29 is 9.53 Å². The summed E-state index contributed by atoms with van der Waals surface area (Å²) < 4.78 is 5.69. The van der Waals surface area contributed by atoms with Gasteiger partial charge in [-0.1, -0.05) is 12.1 Å². The molecular formula is C18H25N3O2. The minimum atomic E-state index is 0.0159. The summed E-state index contributed by atoms with van der Waals surface area (Å²) in [6.45, 7) is 2.91. The zero-order chi connectivity index (χ0) is 16.7. The summed E-state index contributed by atoms with van der Waals surface area (Å²) in [7, 11) is 4.00. The van der Waals surface area contributed by atoms with Gasteiger partial charge in [0.1, 0.15) is 0 Å². The van der Waals surface area contributed by atoms with Gasteiger partial charge in [0.25, 0.3) is 5.91 Å². The number of carbonyl (C=O) groups is 1. The van der Waals surface area contributed by atoms with Crippen molar-refractivity contribution in [2.24, 2.45) is 0 Å². The first-order valence-electron chi connectivity index (χ1n) is 8.11. The van der Waals surface area contributed by atoms with E-state index in [-0.39, 0.29) is 12.0 Å². The lowest BCUT2D eigenvalue weighted by Crippen LogP contribution is -2.41. The molecule has 1 unspecified atom stereocenters. The lowest BCUT2D eigenvalue weighted by Gasteiger charge is -2.27. The van der Waals surface area contributed by atoms with Crippen molar-refractivity contribution in [1.29, 1.82) is 5.26 Å². The van der Waals surface area contributed by atoms with Gasteiger partial charge in [-0.2, -0.15) is 5.26 Å². The Morgan fingerprint density at radius 2 is 2.22 bits per heavy atom. The van der Waals surface area contributed by atoms with E-state index in [1.165, 1.54) is 0 Å². The molecular weight excluding hydrogens is 290 g/mol. The number of hydrogen-bond donors (Lipinski definition) is 0. The number of amides is 1. The first-order chi connectivity index (χ1) is 11.1. The molecule has 5 heteroatoms. The average molecular weight is 315 g/mol. The van der Waals surface area contributed by atoms with E-state index in [9.17, 15) is 4.79 Å². The molecule has 0 N–H and O–H groups in total. The van der Waals surface area contributed by atoms with Gasteiger partial charge in [-0.15, -0.1) is 0 Å². The maximum absolute atomic E-state index is 12.9. The van der Waals surface area contributed by atoms with Gasteiger partial charge < -0.3 is 14.5 Å². The second-order valence-electron chi connectivity index (χ2n) is 6.22. The number of carbonyl (C=O) groups excluding carboxylic acids is 1. The van der Waals surface area contributed by atoms with Crippen molar-refractivity contribution in [1.82, 2.24) is 9.80 Å². The van der Waals surface area contributed by atoms with Crippen LogP contribution in [0.3, 0.4) is 0 Å². The predicted octanol–water partition coefficient (Wildman–Crippen LogP) is 1.94. The van der Waals surface area contributed by atoms with Crippen molar-refractivity contribution in [3.05, 3.63) is 35.4 Å². The number of benzene rings is 1. The fourth-order valence-electron chi connectivity index (χ4n) is 2.72. The van der Waals surface area contributed by atoms with Gasteiger partial charge in [0, 0.05) is 31.8 Å². The van der Waals surface area contributed by atoms with Gasteiger partial charge in [-0.3, -0.25) is 4.79 Å². The summed E-state index contributed by atoms with van der Waals surface area (Å²) in [5.74, 6) is 0.0159. The smallest absolute Gasteiger partial charge is 0.253 e. The van der Waals surface area contributed by atoms with E-state index in [0.29, 0.717) is 25.1 Å². The average Bonchev–Trinajstić information content (AvgIpc) is 3.04. The first kappa shape index (κ1) is 17.5. The molecule has 124 valence electrons. The Morgan fingerprint density at radius 1 is 1.39 bits per heavy atom. The van der Waals surface area contributed by atoms with Gasteiger partial charge in [-0.05, 0) is 44.6 Å². The normalized spacial score (nSPS) is 17.2. The van der Waals surface area contributed by atoms with E-state index < -0.39 is 0 Å². The number of hydrogen-bond acceptors (Lipinski definition) is 4. The third kappa shape index (κ3) is 5.34. The summed E-state index contributed by atoms with van der Waals surface area (Å²) in [6, 6.07) is 9.49. The van der Waals surface area contributed by atoms with Crippen LogP contribution in [0.15, 0.2) is 24.3 Å². The van der Waals surface area contributed by atoms with E-state index >= 15 is 0 Å². The quantitative estimate of drug-likeness (QED) is 0.771. The molecule has 5 nitrogen and oxygen atoms in total. The Morgan fingerprint density at radius 3 is 2.87 bits per heavy atom. The molecule has 1 aromatic carbocycles. The third-order valence-corrected chi connectivity index (χ3v) is 4.01. The number of ether oxygens (including phenoxy) is 1. The molecule has 0 spiro atoms. The molecule has 1 aromatic rings. The molecule has 1 atom stereocenters. The van der Waals surface area contributed by atoms with Gasteiger partial charge in [0.05, 0.1) is 18.6 Å². The third-order valence-electron chi connectivity index (χ3n) is 4.01.